The van der Waals surface area contributed by atoms with E-state index >= 15 is 0 Å². The predicted molar refractivity (Wildman–Crippen MR) is 73.9 cm³/mol. The molecule has 20 heavy (non-hydrogen) atoms. The molecule has 0 atom stereocenters. The number of ether oxygens (including phenoxy) is 1. The fourth-order valence-electron chi connectivity index (χ4n) is 1.20. The molecule has 1 aromatic rings. The van der Waals surface area contributed by atoms with Gasteiger partial charge >= 0.3 is 5.97 Å². The molecule has 0 amide bonds. The highest BCUT2D eigenvalue weighted by atomic mass is 79.9. The normalized spacial score (nSPS) is 11.8. The Morgan fingerprint density at radius 2 is 2.25 bits per heavy atom. The Kier molecular flexibility index (Phi) is 5.74. The van der Waals surface area contributed by atoms with Gasteiger partial charge in [-0.3, -0.25) is 4.79 Å². The van der Waals surface area contributed by atoms with Crippen molar-refractivity contribution in [1.29, 1.82) is 5.26 Å². The number of nitrogens with zero attached hydrogens (tertiary/aromatic N) is 1. The van der Waals surface area contributed by atoms with Crippen molar-refractivity contribution in [2.75, 3.05) is 6.61 Å². The summed E-state index contributed by atoms with van der Waals surface area (Å²) in [6.45, 7) is 0.884. The fourth-order valence-corrected chi connectivity index (χ4v) is 1.51. The Bertz CT molecular complexity index is 619. The van der Waals surface area contributed by atoms with E-state index in [1.54, 1.807) is 18.2 Å². The number of furan rings is 1. The lowest BCUT2D eigenvalue weighted by molar-refractivity contribution is -0.141. The maximum absolute atomic E-state index is 11.5. The first-order chi connectivity index (χ1) is 9.43. The van der Waals surface area contributed by atoms with Gasteiger partial charge in [0.15, 0.2) is 11.3 Å². The topological polar surface area (TPSA) is 106 Å². The maximum atomic E-state index is 11.5. The van der Waals surface area contributed by atoms with E-state index in [9.17, 15) is 9.59 Å². The van der Waals surface area contributed by atoms with Gasteiger partial charge in [0, 0.05) is 11.8 Å². The number of rotatable bonds is 5. The molecular formula is C13H11BrN2O4. The molecule has 1 aromatic heterocycles. The number of hydrogen-bond acceptors (Lipinski definition) is 6. The molecule has 0 spiro atoms. The van der Waals surface area contributed by atoms with Gasteiger partial charge in [-0.15, -0.1) is 0 Å². The minimum absolute atomic E-state index is 0.0875. The summed E-state index contributed by atoms with van der Waals surface area (Å²) in [5, 5.41) is 8.71. The van der Waals surface area contributed by atoms with E-state index in [0.29, 0.717) is 10.4 Å². The SMILES string of the molecule is C/C(N)=C(/C#N)C(=O)COC(=O)/C=C/c1ccc(Br)o1. The number of hydrogen-bond donors (Lipinski definition) is 1. The number of nitrogens with two attached hydrogens (primary N) is 1. The standard InChI is InChI=1S/C13H11BrN2O4/c1-8(16)10(6-15)11(17)7-19-13(18)5-3-9-2-4-12(14)20-9/h2-5H,7,16H2,1H3/b5-3+,10-8+. The van der Waals surface area contributed by atoms with Crippen LogP contribution in [0.25, 0.3) is 6.08 Å². The molecule has 104 valence electrons. The molecule has 0 bridgehead atoms. The second-order valence-corrected chi connectivity index (χ2v) is 4.46. The molecule has 0 aliphatic carbocycles. The van der Waals surface area contributed by atoms with Crippen LogP contribution in [0.5, 0.6) is 0 Å². The summed E-state index contributed by atoms with van der Waals surface area (Å²) in [6, 6.07) is 4.98. The molecule has 2 N–H and O–H groups in total. The predicted octanol–water partition coefficient (Wildman–Crippen LogP) is 1.92. The summed E-state index contributed by atoms with van der Waals surface area (Å²) in [7, 11) is 0. The van der Waals surface area contributed by atoms with Gasteiger partial charge in [0.2, 0.25) is 5.78 Å². The summed E-state index contributed by atoms with van der Waals surface area (Å²) in [5.74, 6) is -0.914. The Morgan fingerprint density at radius 3 is 2.75 bits per heavy atom. The zero-order chi connectivity index (χ0) is 15.1. The maximum Gasteiger partial charge on any atom is 0.331 e. The molecule has 1 heterocycles. The van der Waals surface area contributed by atoms with Crippen LogP contribution in [0, 0.1) is 11.3 Å². The van der Waals surface area contributed by atoms with E-state index in [0.717, 1.165) is 6.08 Å². The van der Waals surface area contributed by atoms with Crippen LogP contribution < -0.4 is 5.73 Å². The molecule has 0 saturated heterocycles. The molecule has 7 heteroatoms. The minimum atomic E-state index is -0.724. The third-order valence-corrected chi connectivity index (χ3v) is 2.53. The van der Waals surface area contributed by atoms with Gasteiger partial charge in [0.1, 0.15) is 17.4 Å². The number of carbonyl (C=O) groups is 2. The van der Waals surface area contributed by atoms with Crippen molar-refractivity contribution in [3.63, 3.8) is 0 Å². The van der Waals surface area contributed by atoms with Crippen LogP contribution in [0.1, 0.15) is 12.7 Å². The molecule has 1 rings (SSSR count). The average Bonchev–Trinajstić information content (AvgIpc) is 2.80. The summed E-state index contributed by atoms with van der Waals surface area (Å²) in [6.07, 6.45) is 2.51. The number of halogens is 1. The van der Waals surface area contributed by atoms with Gasteiger partial charge in [-0.05, 0) is 41.1 Å². The molecule has 0 fully saturated rings. The monoisotopic (exact) mass is 338 g/mol. The van der Waals surface area contributed by atoms with Crippen LogP contribution in [0.2, 0.25) is 0 Å². The molecule has 0 aliphatic rings. The van der Waals surface area contributed by atoms with E-state index in [-0.39, 0.29) is 11.3 Å². The summed E-state index contributed by atoms with van der Waals surface area (Å²) < 4.78 is 10.4. The molecule has 0 aliphatic heterocycles. The van der Waals surface area contributed by atoms with E-state index < -0.39 is 18.4 Å². The lowest BCUT2D eigenvalue weighted by atomic mass is 10.1. The van der Waals surface area contributed by atoms with Gasteiger partial charge in [-0.1, -0.05) is 0 Å². The quantitative estimate of drug-likeness (QED) is 0.499. The van der Waals surface area contributed by atoms with Crippen molar-refractivity contribution in [2.24, 2.45) is 5.73 Å². The first-order valence-corrected chi connectivity index (χ1v) is 6.23. The third kappa shape index (κ3) is 4.74. The van der Waals surface area contributed by atoms with Crippen molar-refractivity contribution in [3.05, 3.63) is 39.9 Å². The van der Waals surface area contributed by atoms with Crippen LogP contribution in [-0.2, 0) is 14.3 Å². The van der Waals surface area contributed by atoms with Crippen LogP contribution in [0.3, 0.4) is 0 Å². The first-order valence-electron chi connectivity index (χ1n) is 5.44. The van der Waals surface area contributed by atoms with Gasteiger partial charge < -0.3 is 14.9 Å². The van der Waals surface area contributed by atoms with Gasteiger partial charge in [-0.25, -0.2) is 4.79 Å². The molecule has 0 radical (unpaired) electrons. The number of carbonyl (C=O) groups excluding carboxylic acids is 2. The highest BCUT2D eigenvalue weighted by molar-refractivity contribution is 9.10. The van der Waals surface area contributed by atoms with Crippen molar-refractivity contribution in [2.45, 2.75) is 6.92 Å². The molecule has 0 saturated carbocycles. The van der Waals surface area contributed by atoms with Gasteiger partial charge in [-0.2, -0.15) is 5.26 Å². The second-order valence-electron chi connectivity index (χ2n) is 3.68. The van der Waals surface area contributed by atoms with E-state index in [1.165, 1.54) is 13.0 Å². The van der Waals surface area contributed by atoms with Crippen molar-refractivity contribution in [1.82, 2.24) is 0 Å². The largest absolute Gasteiger partial charge is 0.454 e. The number of allylic oxidation sites excluding steroid dienone is 1. The highest BCUT2D eigenvalue weighted by Gasteiger charge is 2.13. The van der Waals surface area contributed by atoms with Gasteiger partial charge in [0.05, 0.1) is 0 Å². The number of esters is 1. The Hall–Kier alpha value is -2.33. The van der Waals surface area contributed by atoms with E-state index in [2.05, 4.69) is 15.9 Å². The van der Waals surface area contributed by atoms with Crippen molar-refractivity contribution >= 4 is 33.8 Å². The number of Topliss-reactive ketones (excluding diaryl/α,β-unsaturated/α-hetero) is 1. The molecule has 6 nitrogen and oxygen atoms in total. The smallest absolute Gasteiger partial charge is 0.331 e. The number of nitriles is 1. The van der Waals surface area contributed by atoms with E-state index in [4.69, 9.17) is 20.1 Å². The number of ketones is 1. The average molecular weight is 339 g/mol. The Labute approximate surface area is 123 Å². The van der Waals surface area contributed by atoms with Crippen LogP contribution >= 0.6 is 15.9 Å². The van der Waals surface area contributed by atoms with Crippen molar-refractivity contribution in [3.8, 4) is 6.07 Å². The highest BCUT2D eigenvalue weighted by Crippen LogP contribution is 2.15. The van der Waals surface area contributed by atoms with Crippen molar-refractivity contribution < 1.29 is 18.7 Å². The second kappa shape index (κ2) is 7.31. The summed E-state index contributed by atoms with van der Waals surface area (Å²) in [4.78, 5) is 22.9. The van der Waals surface area contributed by atoms with Crippen LogP contribution in [-0.4, -0.2) is 18.4 Å². The molecular weight excluding hydrogens is 328 g/mol. The molecule has 0 unspecified atom stereocenters. The lowest BCUT2D eigenvalue weighted by Gasteiger charge is -2.01. The molecule has 0 aromatic carbocycles. The zero-order valence-electron chi connectivity index (χ0n) is 10.6. The van der Waals surface area contributed by atoms with Crippen LogP contribution in [0.4, 0.5) is 0 Å². The fraction of sp³-hybridized carbons (Fsp3) is 0.154. The lowest BCUT2D eigenvalue weighted by Crippen LogP contribution is -2.16. The first kappa shape index (κ1) is 15.7. The summed E-state index contributed by atoms with van der Waals surface area (Å²) in [5.41, 5.74) is 5.23. The van der Waals surface area contributed by atoms with Crippen LogP contribution in [0.15, 0.2) is 38.6 Å². The Morgan fingerprint density at radius 1 is 1.55 bits per heavy atom. The third-order valence-electron chi connectivity index (χ3n) is 2.11. The minimum Gasteiger partial charge on any atom is -0.454 e. The zero-order valence-corrected chi connectivity index (χ0v) is 12.1. The van der Waals surface area contributed by atoms with Gasteiger partial charge in [0.25, 0.3) is 0 Å². The Balaban J connectivity index is 2.53. The van der Waals surface area contributed by atoms with E-state index in [1.807, 2.05) is 0 Å². The summed E-state index contributed by atoms with van der Waals surface area (Å²) >= 11 is 3.12.